The van der Waals surface area contributed by atoms with Gasteiger partial charge in [-0.05, 0) is 13.8 Å². The fourth-order valence-electron chi connectivity index (χ4n) is 1.72. The molecule has 5 heteroatoms. The molecule has 1 aromatic carbocycles. The standard InChI is InChI=1S/C13H21FN2O2/c1-5-18-13-7-12(11(15)6-10(13)14)16(3)9(2)8-17-4/h6-7,9H,5,8,15H2,1-4H3. The Morgan fingerprint density at radius 3 is 2.67 bits per heavy atom. The largest absolute Gasteiger partial charge is 0.491 e. The zero-order valence-corrected chi connectivity index (χ0v) is 11.4. The predicted molar refractivity (Wildman–Crippen MR) is 71.7 cm³/mol. The van der Waals surface area contributed by atoms with Crippen LogP contribution in [0.1, 0.15) is 13.8 Å². The number of benzene rings is 1. The Labute approximate surface area is 107 Å². The summed E-state index contributed by atoms with van der Waals surface area (Å²) >= 11 is 0. The van der Waals surface area contributed by atoms with Gasteiger partial charge in [-0.15, -0.1) is 0 Å². The van der Waals surface area contributed by atoms with E-state index < -0.39 is 5.82 Å². The summed E-state index contributed by atoms with van der Waals surface area (Å²) in [6.45, 7) is 4.80. The zero-order chi connectivity index (χ0) is 13.7. The molecule has 0 fully saturated rings. The Morgan fingerprint density at radius 1 is 1.44 bits per heavy atom. The first kappa shape index (κ1) is 14.6. The van der Waals surface area contributed by atoms with E-state index in [1.807, 2.05) is 25.8 Å². The quantitative estimate of drug-likeness (QED) is 0.793. The Balaban J connectivity index is 3.03. The molecule has 102 valence electrons. The van der Waals surface area contributed by atoms with Gasteiger partial charge in [0.1, 0.15) is 0 Å². The van der Waals surface area contributed by atoms with Crippen LogP contribution in [-0.4, -0.2) is 33.4 Å². The van der Waals surface area contributed by atoms with Crippen LogP contribution >= 0.6 is 0 Å². The number of likely N-dealkylation sites (N-methyl/N-ethyl adjacent to an activating group) is 1. The molecule has 1 atom stereocenters. The van der Waals surface area contributed by atoms with Crippen LogP contribution in [0.4, 0.5) is 15.8 Å². The number of ether oxygens (including phenoxy) is 2. The summed E-state index contributed by atoms with van der Waals surface area (Å²) in [4.78, 5) is 1.95. The number of hydrogen-bond donors (Lipinski definition) is 1. The van der Waals surface area contributed by atoms with Crippen molar-refractivity contribution < 1.29 is 13.9 Å². The first-order valence-corrected chi connectivity index (χ1v) is 5.94. The Morgan fingerprint density at radius 2 is 2.11 bits per heavy atom. The molecule has 0 amide bonds. The van der Waals surface area contributed by atoms with Crippen LogP contribution in [0.5, 0.6) is 5.75 Å². The molecule has 1 rings (SSSR count). The van der Waals surface area contributed by atoms with E-state index in [-0.39, 0.29) is 11.8 Å². The van der Waals surface area contributed by atoms with E-state index in [0.29, 0.717) is 18.9 Å². The maximum atomic E-state index is 13.6. The third kappa shape index (κ3) is 3.26. The van der Waals surface area contributed by atoms with Gasteiger partial charge in [-0.3, -0.25) is 0 Å². The molecule has 18 heavy (non-hydrogen) atoms. The van der Waals surface area contributed by atoms with Crippen LogP contribution in [0, 0.1) is 5.82 Å². The maximum absolute atomic E-state index is 13.6. The molecular weight excluding hydrogens is 235 g/mol. The summed E-state index contributed by atoms with van der Waals surface area (Å²) in [6.07, 6.45) is 0. The van der Waals surface area contributed by atoms with E-state index in [4.69, 9.17) is 15.2 Å². The van der Waals surface area contributed by atoms with Gasteiger partial charge in [0.15, 0.2) is 11.6 Å². The van der Waals surface area contributed by atoms with E-state index in [9.17, 15) is 4.39 Å². The first-order chi connectivity index (χ1) is 8.51. The topological polar surface area (TPSA) is 47.7 Å². The molecule has 0 aliphatic heterocycles. The van der Waals surface area contributed by atoms with Crippen molar-refractivity contribution in [3.8, 4) is 5.75 Å². The zero-order valence-electron chi connectivity index (χ0n) is 11.4. The molecule has 0 aromatic heterocycles. The molecule has 0 saturated heterocycles. The number of rotatable bonds is 6. The molecule has 1 unspecified atom stereocenters. The smallest absolute Gasteiger partial charge is 0.167 e. The molecule has 1 aromatic rings. The lowest BCUT2D eigenvalue weighted by atomic mass is 10.2. The fraction of sp³-hybridized carbons (Fsp3) is 0.538. The van der Waals surface area contributed by atoms with Crippen LogP contribution in [-0.2, 0) is 4.74 Å². The maximum Gasteiger partial charge on any atom is 0.167 e. The number of nitrogens with two attached hydrogens (primary N) is 1. The molecule has 2 N–H and O–H groups in total. The summed E-state index contributed by atoms with van der Waals surface area (Å²) < 4.78 is 23.9. The van der Waals surface area contributed by atoms with Crippen molar-refractivity contribution in [1.82, 2.24) is 0 Å². The predicted octanol–water partition coefficient (Wildman–Crippen LogP) is 2.28. The molecule has 0 bridgehead atoms. The van der Waals surface area contributed by atoms with Gasteiger partial charge >= 0.3 is 0 Å². The second-order valence-corrected chi connectivity index (χ2v) is 4.19. The van der Waals surface area contributed by atoms with E-state index in [2.05, 4.69) is 0 Å². The van der Waals surface area contributed by atoms with Gasteiger partial charge in [0.25, 0.3) is 0 Å². The Bertz CT molecular complexity index is 399. The molecule has 4 nitrogen and oxygen atoms in total. The number of hydrogen-bond acceptors (Lipinski definition) is 4. The lowest BCUT2D eigenvalue weighted by molar-refractivity contribution is 0.183. The summed E-state index contributed by atoms with van der Waals surface area (Å²) in [6, 6.07) is 3.05. The van der Waals surface area contributed by atoms with Crippen molar-refractivity contribution >= 4 is 11.4 Å². The minimum Gasteiger partial charge on any atom is -0.491 e. The molecule has 0 saturated carbocycles. The van der Waals surface area contributed by atoms with Crippen LogP contribution in [0.2, 0.25) is 0 Å². The third-order valence-corrected chi connectivity index (χ3v) is 2.83. The van der Waals surface area contributed by atoms with Gasteiger partial charge < -0.3 is 20.1 Å². The van der Waals surface area contributed by atoms with Crippen molar-refractivity contribution in [2.75, 3.05) is 38.0 Å². The van der Waals surface area contributed by atoms with E-state index in [1.165, 1.54) is 6.07 Å². The van der Waals surface area contributed by atoms with Crippen LogP contribution in [0.15, 0.2) is 12.1 Å². The Kier molecular flexibility index (Phi) is 5.22. The van der Waals surface area contributed by atoms with Crippen molar-refractivity contribution in [3.05, 3.63) is 17.9 Å². The number of anilines is 2. The highest BCUT2D eigenvalue weighted by Crippen LogP contribution is 2.31. The van der Waals surface area contributed by atoms with Gasteiger partial charge in [-0.25, -0.2) is 4.39 Å². The highest BCUT2D eigenvalue weighted by Gasteiger charge is 2.16. The molecule has 0 aliphatic rings. The Hall–Kier alpha value is -1.49. The van der Waals surface area contributed by atoms with Crippen LogP contribution < -0.4 is 15.4 Å². The van der Waals surface area contributed by atoms with E-state index in [0.717, 1.165) is 5.69 Å². The van der Waals surface area contributed by atoms with Gasteiger partial charge in [-0.1, -0.05) is 0 Å². The minimum atomic E-state index is -0.439. The average Bonchev–Trinajstić information content (AvgIpc) is 2.32. The lowest BCUT2D eigenvalue weighted by Gasteiger charge is -2.28. The molecule has 0 heterocycles. The lowest BCUT2D eigenvalue weighted by Crippen LogP contribution is -2.33. The van der Waals surface area contributed by atoms with Crippen molar-refractivity contribution in [2.45, 2.75) is 19.9 Å². The summed E-state index contributed by atoms with van der Waals surface area (Å²) in [5.74, 6) is -0.218. The summed E-state index contributed by atoms with van der Waals surface area (Å²) in [7, 11) is 3.53. The number of nitrogen functional groups attached to an aromatic ring is 1. The molecule has 0 spiro atoms. The number of methoxy groups -OCH3 is 1. The van der Waals surface area contributed by atoms with Gasteiger partial charge in [0, 0.05) is 32.3 Å². The fourth-order valence-corrected chi connectivity index (χ4v) is 1.72. The SMILES string of the molecule is CCOc1cc(N(C)C(C)COC)c(N)cc1F. The second kappa shape index (κ2) is 6.44. The van der Waals surface area contributed by atoms with Crippen molar-refractivity contribution in [3.63, 3.8) is 0 Å². The molecule has 0 aliphatic carbocycles. The van der Waals surface area contributed by atoms with Crippen molar-refractivity contribution in [2.24, 2.45) is 0 Å². The minimum absolute atomic E-state index is 0.136. The summed E-state index contributed by atoms with van der Waals surface area (Å²) in [5.41, 5.74) is 6.97. The van der Waals surface area contributed by atoms with Gasteiger partial charge in [-0.2, -0.15) is 0 Å². The van der Waals surface area contributed by atoms with Gasteiger partial charge in [0.05, 0.1) is 24.6 Å². The average molecular weight is 256 g/mol. The number of nitrogens with zero attached hydrogens (tertiary/aromatic N) is 1. The second-order valence-electron chi connectivity index (χ2n) is 4.19. The number of halogens is 1. The third-order valence-electron chi connectivity index (χ3n) is 2.83. The highest BCUT2D eigenvalue weighted by molar-refractivity contribution is 5.70. The van der Waals surface area contributed by atoms with E-state index in [1.54, 1.807) is 13.2 Å². The monoisotopic (exact) mass is 256 g/mol. The van der Waals surface area contributed by atoms with E-state index >= 15 is 0 Å². The molecular formula is C13H21FN2O2. The van der Waals surface area contributed by atoms with Crippen molar-refractivity contribution in [1.29, 1.82) is 0 Å². The normalized spacial score (nSPS) is 12.3. The summed E-state index contributed by atoms with van der Waals surface area (Å²) in [5, 5.41) is 0. The van der Waals surface area contributed by atoms with Crippen LogP contribution in [0.3, 0.4) is 0 Å². The van der Waals surface area contributed by atoms with Gasteiger partial charge in [0.2, 0.25) is 0 Å². The first-order valence-electron chi connectivity index (χ1n) is 5.94. The highest BCUT2D eigenvalue weighted by atomic mass is 19.1. The van der Waals surface area contributed by atoms with Crippen LogP contribution in [0.25, 0.3) is 0 Å². The molecule has 0 radical (unpaired) electrons.